The van der Waals surface area contributed by atoms with E-state index < -0.39 is 11.9 Å². The zero-order valence-electron chi connectivity index (χ0n) is 8.16. The number of carbonyl (C=O) groups is 2. The van der Waals surface area contributed by atoms with Gasteiger partial charge < -0.3 is 4.74 Å². The lowest BCUT2D eigenvalue weighted by molar-refractivity contribution is 0.0443. The highest BCUT2D eigenvalue weighted by Gasteiger charge is 2.31. The fourth-order valence-electron chi connectivity index (χ4n) is 1.53. The highest BCUT2D eigenvalue weighted by atomic mass is 16.6. The molecule has 0 N–H and O–H groups in total. The Hall–Kier alpha value is -2.08. The molecule has 0 unspecified atom stereocenters. The first kappa shape index (κ1) is 9.47. The zero-order chi connectivity index (χ0) is 10.8. The minimum absolute atomic E-state index is 0.343. The van der Waals surface area contributed by atoms with Gasteiger partial charge in [-0.25, -0.2) is 9.59 Å². The summed E-state index contributed by atoms with van der Waals surface area (Å²) in [5.74, 6) is 4.47. The predicted molar refractivity (Wildman–Crippen MR) is 53.3 cm³/mol. The van der Waals surface area contributed by atoms with Crippen molar-refractivity contribution in [2.75, 3.05) is 0 Å². The van der Waals surface area contributed by atoms with E-state index in [2.05, 4.69) is 16.6 Å². The first-order chi connectivity index (χ1) is 7.24. The third-order valence-corrected chi connectivity index (χ3v) is 2.22. The molecule has 0 radical (unpaired) electrons. The van der Waals surface area contributed by atoms with Crippen LogP contribution < -0.4 is 0 Å². The quantitative estimate of drug-likeness (QED) is 0.392. The summed E-state index contributed by atoms with van der Waals surface area (Å²) in [6.45, 7) is 1.73. The van der Waals surface area contributed by atoms with Crippen LogP contribution in [0.4, 0.5) is 0 Å². The van der Waals surface area contributed by atoms with E-state index in [-0.39, 0.29) is 0 Å². The summed E-state index contributed by atoms with van der Waals surface area (Å²) in [6.07, 6.45) is 0.460. The molecule has 0 aromatic heterocycles. The first-order valence-corrected chi connectivity index (χ1v) is 4.52. The molecule has 0 spiro atoms. The van der Waals surface area contributed by atoms with Crippen LogP contribution >= 0.6 is 0 Å². The van der Waals surface area contributed by atoms with Gasteiger partial charge in [0, 0.05) is 6.42 Å². The maximum atomic E-state index is 11.4. The van der Waals surface area contributed by atoms with Crippen LogP contribution in [0.2, 0.25) is 0 Å². The lowest BCUT2D eigenvalue weighted by Crippen LogP contribution is -1.99. The summed E-state index contributed by atoms with van der Waals surface area (Å²) < 4.78 is 4.53. The van der Waals surface area contributed by atoms with Crippen LogP contribution in [0.15, 0.2) is 18.2 Å². The molecule has 1 aromatic carbocycles. The Labute approximate surface area is 87.1 Å². The van der Waals surface area contributed by atoms with Gasteiger partial charge >= 0.3 is 11.9 Å². The zero-order valence-corrected chi connectivity index (χ0v) is 8.16. The Morgan fingerprint density at radius 2 is 2.07 bits per heavy atom. The number of hydrogen-bond acceptors (Lipinski definition) is 3. The van der Waals surface area contributed by atoms with Crippen molar-refractivity contribution >= 4 is 11.9 Å². The molecule has 1 aliphatic heterocycles. The van der Waals surface area contributed by atoms with Gasteiger partial charge in [0.1, 0.15) is 0 Å². The molecule has 0 atom stereocenters. The standard InChI is InChI=1S/C12H8O3/c1-2-3-5-8-6-4-7-9-10(8)12(14)15-11(9)13/h4,6-7H,5H2,1H3. The van der Waals surface area contributed by atoms with Gasteiger partial charge in [-0.3, -0.25) is 0 Å². The second-order valence-electron chi connectivity index (χ2n) is 3.12. The van der Waals surface area contributed by atoms with Gasteiger partial charge in [-0.1, -0.05) is 18.1 Å². The van der Waals surface area contributed by atoms with Crippen molar-refractivity contribution in [1.82, 2.24) is 0 Å². The number of carbonyl (C=O) groups excluding carboxylic acids is 2. The van der Waals surface area contributed by atoms with Gasteiger partial charge in [-0.05, 0) is 18.6 Å². The monoisotopic (exact) mass is 200 g/mol. The van der Waals surface area contributed by atoms with Crippen LogP contribution in [0.3, 0.4) is 0 Å². The molecule has 1 heterocycles. The van der Waals surface area contributed by atoms with Crippen LogP contribution in [-0.4, -0.2) is 11.9 Å². The minimum Gasteiger partial charge on any atom is -0.386 e. The lowest BCUT2D eigenvalue weighted by Gasteiger charge is -1.99. The Bertz CT molecular complexity index is 503. The van der Waals surface area contributed by atoms with Crippen LogP contribution in [0, 0.1) is 11.8 Å². The van der Waals surface area contributed by atoms with E-state index in [0.29, 0.717) is 17.5 Å². The largest absolute Gasteiger partial charge is 0.386 e. The number of esters is 2. The van der Waals surface area contributed by atoms with E-state index in [0.717, 1.165) is 5.56 Å². The smallest absolute Gasteiger partial charge is 0.347 e. The van der Waals surface area contributed by atoms with Crippen molar-refractivity contribution in [1.29, 1.82) is 0 Å². The van der Waals surface area contributed by atoms with Crippen molar-refractivity contribution in [3.05, 3.63) is 34.9 Å². The minimum atomic E-state index is -0.568. The van der Waals surface area contributed by atoms with E-state index in [1.807, 2.05) is 0 Å². The van der Waals surface area contributed by atoms with Gasteiger partial charge in [0.15, 0.2) is 0 Å². The summed E-state index contributed by atoms with van der Waals surface area (Å²) >= 11 is 0. The molecular weight excluding hydrogens is 192 g/mol. The fraction of sp³-hybridized carbons (Fsp3) is 0.167. The average Bonchev–Trinajstić information content (AvgIpc) is 2.53. The number of ether oxygens (including phenoxy) is 1. The second kappa shape index (κ2) is 3.58. The fourth-order valence-corrected chi connectivity index (χ4v) is 1.53. The third-order valence-electron chi connectivity index (χ3n) is 2.22. The maximum absolute atomic E-state index is 11.4. The molecule has 1 aliphatic rings. The summed E-state index contributed by atoms with van der Waals surface area (Å²) in [6, 6.07) is 5.10. The van der Waals surface area contributed by atoms with Crippen molar-refractivity contribution < 1.29 is 14.3 Å². The summed E-state index contributed by atoms with van der Waals surface area (Å²) in [5, 5.41) is 0. The molecule has 0 fully saturated rings. The Kier molecular flexibility index (Phi) is 2.26. The Balaban J connectivity index is 2.53. The summed E-state index contributed by atoms with van der Waals surface area (Å²) in [5.41, 5.74) is 1.46. The highest BCUT2D eigenvalue weighted by molar-refractivity contribution is 6.15. The Morgan fingerprint density at radius 3 is 2.80 bits per heavy atom. The summed E-state index contributed by atoms with van der Waals surface area (Å²) in [7, 11) is 0. The highest BCUT2D eigenvalue weighted by Crippen LogP contribution is 2.23. The molecule has 74 valence electrons. The average molecular weight is 200 g/mol. The second-order valence-corrected chi connectivity index (χ2v) is 3.12. The molecule has 15 heavy (non-hydrogen) atoms. The molecule has 0 amide bonds. The number of fused-ring (bicyclic) bond motifs is 1. The number of hydrogen-bond donors (Lipinski definition) is 0. The van der Waals surface area contributed by atoms with E-state index in [9.17, 15) is 9.59 Å². The molecule has 1 aromatic rings. The van der Waals surface area contributed by atoms with E-state index in [1.165, 1.54) is 0 Å². The van der Waals surface area contributed by atoms with Crippen LogP contribution in [-0.2, 0) is 11.2 Å². The summed E-state index contributed by atoms with van der Waals surface area (Å²) in [4.78, 5) is 22.6. The normalized spacial score (nSPS) is 12.9. The van der Waals surface area contributed by atoms with Crippen LogP contribution in [0.1, 0.15) is 33.2 Å². The molecule has 0 aliphatic carbocycles. The van der Waals surface area contributed by atoms with Crippen LogP contribution in [0.25, 0.3) is 0 Å². The first-order valence-electron chi connectivity index (χ1n) is 4.52. The lowest BCUT2D eigenvalue weighted by atomic mass is 10.0. The topological polar surface area (TPSA) is 43.4 Å². The van der Waals surface area contributed by atoms with Crippen molar-refractivity contribution in [3.63, 3.8) is 0 Å². The van der Waals surface area contributed by atoms with Gasteiger partial charge in [0.25, 0.3) is 0 Å². The number of benzene rings is 1. The molecule has 0 saturated heterocycles. The van der Waals surface area contributed by atoms with Gasteiger partial charge in [0.2, 0.25) is 0 Å². The van der Waals surface area contributed by atoms with Crippen molar-refractivity contribution in [2.24, 2.45) is 0 Å². The van der Waals surface area contributed by atoms with E-state index in [4.69, 9.17) is 0 Å². The molecule has 3 heteroatoms. The van der Waals surface area contributed by atoms with E-state index >= 15 is 0 Å². The number of rotatable bonds is 1. The molecule has 2 rings (SSSR count). The van der Waals surface area contributed by atoms with Crippen LogP contribution in [0.5, 0.6) is 0 Å². The molecule has 0 saturated carbocycles. The van der Waals surface area contributed by atoms with Crippen molar-refractivity contribution in [3.8, 4) is 11.8 Å². The van der Waals surface area contributed by atoms with E-state index in [1.54, 1.807) is 25.1 Å². The van der Waals surface area contributed by atoms with Gasteiger partial charge in [0.05, 0.1) is 11.1 Å². The molecular formula is C12H8O3. The Morgan fingerprint density at radius 1 is 1.27 bits per heavy atom. The predicted octanol–water partition coefficient (Wildman–Crippen LogP) is 1.56. The molecule has 3 nitrogen and oxygen atoms in total. The third kappa shape index (κ3) is 1.50. The SMILES string of the molecule is CC#CCc1cccc2c1C(=O)OC2=O. The number of cyclic esters (lactones) is 2. The molecule has 0 bridgehead atoms. The van der Waals surface area contributed by atoms with Gasteiger partial charge in [-0.15, -0.1) is 5.92 Å². The van der Waals surface area contributed by atoms with Crippen molar-refractivity contribution in [2.45, 2.75) is 13.3 Å². The maximum Gasteiger partial charge on any atom is 0.347 e. The van der Waals surface area contributed by atoms with Gasteiger partial charge in [-0.2, -0.15) is 0 Å².